The van der Waals surface area contributed by atoms with E-state index in [9.17, 15) is 14.4 Å². The normalized spacial score (nSPS) is 11.0. The van der Waals surface area contributed by atoms with E-state index in [0.717, 1.165) is 27.3 Å². The average Bonchev–Trinajstić information content (AvgIpc) is 3.07. The van der Waals surface area contributed by atoms with Crippen LogP contribution in [0.1, 0.15) is 32.6 Å². The molecule has 0 fully saturated rings. The Kier molecular flexibility index (Phi) is 11.2. The van der Waals surface area contributed by atoms with Crippen LogP contribution in [0.5, 0.6) is 5.75 Å². The van der Waals surface area contributed by atoms with Gasteiger partial charge in [0.15, 0.2) is 0 Å². The topological polar surface area (TPSA) is 96.5 Å². The third-order valence-corrected chi connectivity index (χ3v) is 7.97. The quantitative estimate of drug-likeness (QED) is 0.0947. The van der Waals surface area contributed by atoms with Crippen LogP contribution < -0.4 is 20.7 Å². The van der Waals surface area contributed by atoms with Crippen LogP contribution in [0.4, 0.5) is 11.4 Å². The Labute approximate surface area is 279 Å². The molecular weight excluding hydrogens is 607 g/mol. The average molecular weight is 642 g/mol. The highest BCUT2D eigenvalue weighted by Crippen LogP contribution is 2.22. The number of aryl methyl sites for hydroxylation is 2. The van der Waals surface area contributed by atoms with Crippen molar-refractivity contribution in [2.75, 3.05) is 16.4 Å². The number of hydrogen-bond donors (Lipinski definition) is 3. The van der Waals surface area contributed by atoms with Crippen LogP contribution in [0.3, 0.4) is 0 Å². The zero-order valence-electron chi connectivity index (χ0n) is 26.2. The van der Waals surface area contributed by atoms with Gasteiger partial charge in [0.1, 0.15) is 18.1 Å². The number of anilines is 2. The van der Waals surface area contributed by atoms with Gasteiger partial charge in [-0.1, -0.05) is 66.7 Å². The number of nitrogens with one attached hydrogen (secondary N) is 3. The first kappa shape index (κ1) is 32.8. The van der Waals surface area contributed by atoms with Crippen LogP contribution in [0.15, 0.2) is 138 Å². The summed E-state index contributed by atoms with van der Waals surface area (Å²) in [5.74, 6) is -0.0524. The second-order valence-corrected chi connectivity index (χ2v) is 12.0. The standard InChI is InChI=1S/C39H35N3O4S/c1-27-21-28(2)23-33(22-27)40-37(43)26-47-35-19-15-32(16-20-35)41-39(45)36(42-38(44)31-11-7-4-8-12-31)24-29-13-17-34(18-14-29)46-25-30-9-5-3-6-10-30/h3-24H,25-26H2,1-2H3,(H,40,43)(H,41,45)(H,42,44)/b36-24-. The Balaban J connectivity index is 1.23. The lowest BCUT2D eigenvalue weighted by Gasteiger charge is -2.12. The first-order valence-electron chi connectivity index (χ1n) is 15.1. The highest BCUT2D eigenvalue weighted by atomic mass is 32.2. The predicted octanol–water partition coefficient (Wildman–Crippen LogP) is 8.02. The predicted molar refractivity (Wildman–Crippen MR) is 189 cm³/mol. The molecule has 0 aliphatic rings. The van der Waals surface area contributed by atoms with Gasteiger partial charge in [-0.05, 0) is 103 Å². The second-order valence-electron chi connectivity index (χ2n) is 10.9. The maximum absolute atomic E-state index is 13.5. The summed E-state index contributed by atoms with van der Waals surface area (Å²) in [6.07, 6.45) is 1.62. The molecule has 5 aromatic rings. The van der Waals surface area contributed by atoms with Crippen molar-refractivity contribution in [1.82, 2.24) is 5.32 Å². The fourth-order valence-corrected chi connectivity index (χ4v) is 5.43. The molecule has 0 saturated heterocycles. The lowest BCUT2D eigenvalue weighted by molar-refractivity contribution is -0.114. The summed E-state index contributed by atoms with van der Waals surface area (Å²) >= 11 is 1.40. The van der Waals surface area contributed by atoms with Crippen molar-refractivity contribution in [2.24, 2.45) is 0 Å². The number of carbonyl (C=O) groups excluding carboxylic acids is 3. The zero-order valence-corrected chi connectivity index (χ0v) is 27.0. The van der Waals surface area contributed by atoms with Gasteiger partial charge in [0.05, 0.1) is 5.75 Å². The van der Waals surface area contributed by atoms with Crippen molar-refractivity contribution in [3.63, 3.8) is 0 Å². The van der Waals surface area contributed by atoms with Gasteiger partial charge in [0, 0.05) is 21.8 Å². The second kappa shape index (κ2) is 16.1. The van der Waals surface area contributed by atoms with Crippen molar-refractivity contribution in [2.45, 2.75) is 25.3 Å². The maximum Gasteiger partial charge on any atom is 0.272 e. The van der Waals surface area contributed by atoms with E-state index < -0.39 is 11.8 Å². The van der Waals surface area contributed by atoms with Crippen LogP contribution in [0.2, 0.25) is 0 Å². The van der Waals surface area contributed by atoms with Crippen LogP contribution in [0.25, 0.3) is 6.08 Å². The van der Waals surface area contributed by atoms with E-state index in [1.54, 1.807) is 42.5 Å². The van der Waals surface area contributed by atoms with Gasteiger partial charge >= 0.3 is 0 Å². The summed E-state index contributed by atoms with van der Waals surface area (Å²) in [4.78, 5) is 39.8. The molecule has 0 saturated carbocycles. The highest BCUT2D eigenvalue weighted by molar-refractivity contribution is 8.00. The third kappa shape index (κ3) is 10.2. The van der Waals surface area contributed by atoms with E-state index in [-0.39, 0.29) is 17.4 Å². The van der Waals surface area contributed by atoms with Gasteiger partial charge in [-0.3, -0.25) is 14.4 Å². The molecule has 0 aliphatic heterocycles. The van der Waals surface area contributed by atoms with E-state index in [0.29, 0.717) is 29.2 Å². The molecule has 0 unspecified atom stereocenters. The molecule has 0 aromatic heterocycles. The van der Waals surface area contributed by atoms with Crippen LogP contribution in [-0.4, -0.2) is 23.5 Å². The smallest absolute Gasteiger partial charge is 0.272 e. The number of carbonyl (C=O) groups is 3. The number of rotatable bonds is 12. The molecule has 0 heterocycles. The Morgan fingerprint density at radius 2 is 1.34 bits per heavy atom. The van der Waals surface area contributed by atoms with Crippen molar-refractivity contribution >= 4 is 46.9 Å². The summed E-state index contributed by atoms with van der Waals surface area (Å²) in [5.41, 5.74) is 5.78. The maximum atomic E-state index is 13.5. The van der Waals surface area contributed by atoms with E-state index >= 15 is 0 Å². The fraction of sp³-hybridized carbons (Fsp3) is 0.103. The van der Waals surface area contributed by atoms with Crippen molar-refractivity contribution in [3.8, 4) is 5.75 Å². The number of hydrogen-bond acceptors (Lipinski definition) is 5. The van der Waals surface area contributed by atoms with Gasteiger partial charge in [0.25, 0.3) is 11.8 Å². The number of thioether (sulfide) groups is 1. The minimum absolute atomic E-state index is 0.0818. The largest absolute Gasteiger partial charge is 0.489 e. The van der Waals surface area contributed by atoms with Gasteiger partial charge < -0.3 is 20.7 Å². The van der Waals surface area contributed by atoms with E-state index in [1.807, 2.05) is 98.8 Å². The lowest BCUT2D eigenvalue weighted by atomic mass is 10.1. The van der Waals surface area contributed by atoms with E-state index in [2.05, 4.69) is 22.0 Å². The molecule has 0 bridgehead atoms. The fourth-order valence-electron chi connectivity index (χ4n) is 4.74. The zero-order chi connectivity index (χ0) is 33.0. The Bertz CT molecular complexity index is 1840. The summed E-state index contributed by atoms with van der Waals surface area (Å²) < 4.78 is 5.88. The number of benzene rings is 5. The van der Waals surface area contributed by atoms with Gasteiger partial charge in [-0.15, -0.1) is 11.8 Å². The summed E-state index contributed by atoms with van der Waals surface area (Å²) in [6.45, 7) is 4.43. The van der Waals surface area contributed by atoms with E-state index in [1.165, 1.54) is 11.8 Å². The first-order chi connectivity index (χ1) is 22.8. The Morgan fingerprint density at radius 1 is 0.702 bits per heavy atom. The monoisotopic (exact) mass is 641 g/mol. The summed E-state index contributed by atoms with van der Waals surface area (Å²) in [5, 5.41) is 8.58. The molecule has 0 atom stereocenters. The summed E-state index contributed by atoms with van der Waals surface area (Å²) in [6, 6.07) is 39.0. The van der Waals surface area contributed by atoms with Crippen molar-refractivity contribution < 1.29 is 19.1 Å². The molecule has 5 aromatic carbocycles. The molecule has 3 amide bonds. The summed E-state index contributed by atoms with van der Waals surface area (Å²) in [7, 11) is 0. The minimum atomic E-state index is -0.480. The molecule has 8 heteroatoms. The van der Waals surface area contributed by atoms with Gasteiger partial charge in [-0.2, -0.15) is 0 Å². The highest BCUT2D eigenvalue weighted by Gasteiger charge is 2.15. The molecule has 7 nitrogen and oxygen atoms in total. The Morgan fingerprint density at radius 3 is 2.00 bits per heavy atom. The first-order valence-corrected chi connectivity index (χ1v) is 16.1. The van der Waals surface area contributed by atoms with Crippen molar-refractivity contribution in [3.05, 3.63) is 161 Å². The minimum Gasteiger partial charge on any atom is -0.489 e. The van der Waals surface area contributed by atoms with Crippen LogP contribution >= 0.6 is 11.8 Å². The van der Waals surface area contributed by atoms with Gasteiger partial charge in [0.2, 0.25) is 5.91 Å². The number of amides is 3. The SMILES string of the molecule is Cc1cc(C)cc(NC(=O)CSc2ccc(NC(=O)/C(=C/c3ccc(OCc4ccccc4)cc3)NC(=O)c3ccccc3)cc2)c1. The Hall–Kier alpha value is -5.60. The number of ether oxygens (including phenoxy) is 1. The van der Waals surface area contributed by atoms with Crippen molar-refractivity contribution in [1.29, 1.82) is 0 Å². The van der Waals surface area contributed by atoms with Gasteiger partial charge in [-0.25, -0.2) is 0 Å². The molecular formula is C39H35N3O4S. The lowest BCUT2D eigenvalue weighted by Crippen LogP contribution is -2.30. The molecule has 0 spiro atoms. The molecule has 3 N–H and O–H groups in total. The molecule has 5 rings (SSSR count). The van der Waals surface area contributed by atoms with Crippen LogP contribution in [-0.2, 0) is 16.2 Å². The van der Waals surface area contributed by atoms with E-state index in [4.69, 9.17) is 4.74 Å². The van der Waals surface area contributed by atoms with Crippen LogP contribution in [0, 0.1) is 13.8 Å². The molecule has 47 heavy (non-hydrogen) atoms. The molecule has 0 aliphatic carbocycles. The molecule has 236 valence electrons. The molecule has 0 radical (unpaired) electrons. The third-order valence-electron chi connectivity index (χ3n) is 6.96.